The van der Waals surface area contributed by atoms with Crippen molar-refractivity contribution in [3.63, 3.8) is 0 Å². The molecule has 1 atom stereocenters. The van der Waals surface area contributed by atoms with Gasteiger partial charge in [0.15, 0.2) is 11.4 Å². The van der Waals surface area contributed by atoms with Crippen LogP contribution in [0, 0.1) is 0 Å². The Kier molecular flexibility index (Phi) is 6.47. The first-order valence-electron chi connectivity index (χ1n) is 10.1. The molecule has 1 aliphatic rings. The second kappa shape index (κ2) is 8.84. The highest BCUT2D eigenvalue weighted by atomic mass is 16.5. The van der Waals surface area contributed by atoms with Gasteiger partial charge in [0, 0.05) is 18.7 Å². The molecule has 0 aromatic heterocycles. The van der Waals surface area contributed by atoms with Crippen molar-refractivity contribution in [2.45, 2.75) is 26.0 Å². The van der Waals surface area contributed by atoms with Crippen LogP contribution in [0.3, 0.4) is 0 Å². The molecule has 152 valence electrons. The molecule has 5 nitrogen and oxygen atoms in total. The second-order valence-corrected chi connectivity index (χ2v) is 8.06. The molecule has 2 aromatic carbocycles. The number of hydrogen-bond acceptors (Lipinski definition) is 4. The van der Waals surface area contributed by atoms with E-state index in [1.165, 1.54) is 0 Å². The van der Waals surface area contributed by atoms with E-state index in [0.717, 1.165) is 54.5 Å². The standard InChI is InChI=1S/C23H33N2O3/c1-6-15-26-19-10-8-18(9-11-19)23-25(4,5)21-13-12-20(17-22(21)28-23)27-16-7-14-24(2)3/h8-13,17,23H,6-7,14-16H2,1-5H3/q+1. The SMILES string of the molecule is CCCOc1ccc(C2Oc3cc(OCCCN(C)C)ccc3[N+]2(C)C)cc1. The first-order valence-corrected chi connectivity index (χ1v) is 10.1. The third-order valence-electron chi connectivity index (χ3n) is 5.03. The van der Waals surface area contributed by atoms with Crippen LogP contribution in [0.5, 0.6) is 17.2 Å². The van der Waals surface area contributed by atoms with Gasteiger partial charge in [-0.05, 0) is 57.3 Å². The van der Waals surface area contributed by atoms with Crippen molar-refractivity contribution in [3.05, 3.63) is 48.0 Å². The highest BCUT2D eigenvalue weighted by molar-refractivity contribution is 5.62. The van der Waals surface area contributed by atoms with Gasteiger partial charge in [0.2, 0.25) is 0 Å². The topological polar surface area (TPSA) is 30.9 Å². The molecule has 0 radical (unpaired) electrons. The van der Waals surface area contributed by atoms with E-state index in [4.69, 9.17) is 14.2 Å². The fraction of sp³-hybridized carbons (Fsp3) is 0.478. The molecular formula is C23H33N2O3+. The third-order valence-corrected chi connectivity index (χ3v) is 5.03. The average Bonchev–Trinajstić information content (AvgIpc) is 2.94. The highest BCUT2D eigenvalue weighted by Gasteiger charge is 2.43. The van der Waals surface area contributed by atoms with Crippen molar-refractivity contribution in [1.82, 2.24) is 9.38 Å². The minimum atomic E-state index is -0.0841. The summed E-state index contributed by atoms with van der Waals surface area (Å²) >= 11 is 0. The van der Waals surface area contributed by atoms with Gasteiger partial charge in [-0.1, -0.05) is 6.92 Å². The maximum atomic E-state index is 6.36. The zero-order chi connectivity index (χ0) is 20.1. The van der Waals surface area contributed by atoms with Gasteiger partial charge in [-0.3, -0.25) is 4.48 Å². The zero-order valence-corrected chi connectivity index (χ0v) is 17.8. The van der Waals surface area contributed by atoms with Gasteiger partial charge in [-0.25, -0.2) is 0 Å². The molecule has 2 aromatic rings. The number of fused-ring (bicyclic) bond motifs is 1. The molecule has 0 amide bonds. The lowest BCUT2D eigenvalue weighted by Gasteiger charge is -2.29. The van der Waals surface area contributed by atoms with Gasteiger partial charge < -0.3 is 19.1 Å². The van der Waals surface area contributed by atoms with Crippen molar-refractivity contribution < 1.29 is 14.2 Å². The summed E-state index contributed by atoms with van der Waals surface area (Å²) in [7, 11) is 8.50. The Morgan fingerprint density at radius 3 is 2.32 bits per heavy atom. The fourth-order valence-corrected chi connectivity index (χ4v) is 3.49. The van der Waals surface area contributed by atoms with Crippen molar-refractivity contribution in [1.29, 1.82) is 0 Å². The minimum absolute atomic E-state index is 0.0841. The monoisotopic (exact) mass is 385 g/mol. The largest absolute Gasteiger partial charge is 0.494 e. The fourth-order valence-electron chi connectivity index (χ4n) is 3.49. The van der Waals surface area contributed by atoms with Crippen LogP contribution < -0.4 is 18.7 Å². The van der Waals surface area contributed by atoms with Gasteiger partial charge in [0.05, 0.1) is 32.9 Å². The number of ether oxygens (including phenoxy) is 3. The molecular weight excluding hydrogens is 352 g/mol. The van der Waals surface area contributed by atoms with E-state index in [1.54, 1.807) is 0 Å². The van der Waals surface area contributed by atoms with Crippen molar-refractivity contribution in [3.8, 4) is 17.2 Å². The van der Waals surface area contributed by atoms with Crippen molar-refractivity contribution in [2.24, 2.45) is 0 Å². The predicted octanol–water partition coefficient (Wildman–Crippen LogP) is 4.46. The molecule has 0 fully saturated rings. The molecule has 0 N–H and O–H groups in total. The molecule has 0 aliphatic carbocycles. The lowest BCUT2D eigenvalue weighted by Crippen LogP contribution is -2.42. The molecule has 1 unspecified atom stereocenters. The Morgan fingerprint density at radius 1 is 0.964 bits per heavy atom. The summed E-state index contributed by atoms with van der Waals surface area (Å²) < 4.78 is 18.6. The van der Waals surface area contributed by atoms with Gasteiger partial charge >= 0.3 is 0 Å². The number of hydrogen-bond donors (Lipinski definition) is 0. The first kappa shape index (κ1) is 20.5. The van der Waals surface area contributed by atoms with Crippen LogP contribution in [-0.2, 0) is 0 Å². The molecule has 1 heterocycles. The van der Waals surface area contributed by atoms with Crippen LogP contribution in [0.4, 0.5) is 5.69 Å². The summed E-state index contributed by atoms with van der Waals surface area (Å²) in [6.07, 6.45) is 1.92. The Hall–Kier alpha value is -2.24. The van der Waals surface area contributed by atoms with Crippen LogP contribution >= 0.6 is 0 Å². The third kappa shape index (κ3) is 4.59. The number of benzene rings is 2. The van der Waals surface area contributed by atoms with E-state index >= 15 is 0 Å². The van der Waals surface area contributed by atoms with Crippen molar-refractivity contribution in [2.75, 3.05) is 47.9 Å². The van der Waals surface area contributed by atoms with E-state index < -0.39 is 0 Å². The maximum absolute atomic E-state index is 6.36. The van der Waals surface area contributed by atoms with Gasteiger partial charge in [-0.2, -0.15) is 0 Å². The Labute approximate surface area is 169 Å². The van der Waals surface area contributed by atoms with Crippen LogP contribution in [0.2, 0.25) is 0 Å². The summed E-state index contributed by atoms with van der Waals surface area (Å²) in [5, 5.41) is 0. The summed E-state index contributed by atoms with van der Waals surface area (Å²) in [6.45, 7) is 4.57. The van der Waals surface area contributed by atoms with Crippen LogP contribution in [0.25, 0.3) is 0 Å². The Balaban J connectivity index is 1.70. The van der Waals surface area contributed by atoms with Gasteiger partial charge in [0.25, 0.3) is 6.23 Å². The normalized spacial score (nSPS) is 17.3. The predicted molar refractivity (Wildman–Crippen MR) is 114 cm³/mol. The van der Waals surface area contributed by atoms with Gasteiger partial charge in [0.1, 0.15) is 11.5 Å². The van der Waals surface area contributed by atoms with Gasteiger partial charge in [-0.15, -0.1) is 0 Å². The number of quaternary nitrogens is 1. The van der Waals surface area contributed by atoms with Crippen molar-refractivity contribution >= 4 is 5.69 Å². The lowest BCUT2D eigenvalue weighted by molar-refractivity contribution is 0.107. The Bertz CT molecular complexity index is 772. The Morgan fingerprint density at radius 2 is 1.64 bits per heavy atom. The van der Waals surface area contributed by atoms with E-state index in [-0.39, 0.29) is 6.23 Å². The minimum Gasteiger partial charge on any atom is -0.494 e. The lowest BCUT2D eigenvalue weighted by atomic mass is 10.1. The summed E-state index contributed by atoms with van der Waals surface area (Å²) in [5.74, 6) is 2.66. The van der Waals surface area contributed by atoms with Crippen LogP contribution in [0.1, 0.15) is 31.6 Å². The molecule has 1 aliphatic heterocycles. The molecule has 0 spiro atoms. The molecule has 0 saturated heterocycles. The quantitative estimate of drug-likeness (QED) is 0.471. The first-order chi connectivity index (χ1) is 13.4. The van der Waals surface area contributed by atoms with Crippen LogP contribution in [0.15, 0.2) is 42.5 Å². The second-order valence-electron chi connectivity index (χ2n) is 8.06. The van der Waals surface area contributed by atoms with E-state index in [0.29, 0.717) is 11.1 Å². The van der Waals surface area contributed by atoms with E-state index in [1.807, 2.05) is 24.3 Å². The van der Waals surface area contributed by atoms with E-state index in [9.17, 15) is 0 Å². The smallest absolute Gasteiger partial charge is 0.264 e. The molecule has 0 bridgehead atoms. The maximum Gasteiger partial charge on any atom is 0.264 e. The van der Waals surface area contributed by atoms with E-state index in [2.05, 4.69) is 58.2 Å². The highest BCUT2D eigenvalue weighted by Crippen LogP contribution is 2.48. The molecule has 3 rings (SSSR count). The molecule has 5 heteroatoms. The summed E-state index contributed by atoms with van der Waals surface area (Å²) in [6, 6.07) is 14.4. The number of rotatable bonds is 9. The zero-order valence-electron chi connectivity index (χ0n) is 17.8. The molecule has 28 heavy (non-hydrogen) atoms. The average molecular weight is 386 g/mol. The van der Waals surface area contributed by atoms with Crippen LogP contribution in [-0.4, -0.2) is 52.8 Å². The molecule has 0 saturated carbocycles. The number of nitrogens with zero attached hydrogens (tertiary/aromatic N) is 2. The summed E-state index contributed by atoms with van der Waals surface area (Å²) in [4.78, 5) is 2.17. The summed E-state index contributed by atoms with van der Waals surface area (Å²) in [5.41, 5.74) is 2.30.